The third-order valence-corrected chi connectivity index (χ3v) is 3.82. The van der Waals surface area contributed by atoms with Gasteiger partial charge in [-0.05, 0) is 13.0 Å². The van der Waals surface area contributed by atoms with Crippen molar-refractivity contribution in [2.24, 2.45) is 0 Å². The Kier molecular flexibility index (Phi) is 4.85. The molecule has 0 saturated carbocycles. The molecule has 0 bridgehead atoms. The zero-order valence-electron chi connectivity index (χ0n) is 13.7. The van der Waals surface area contributed by atoms with Crippen molar-refractivity contribution < 1.29 is 9.53 Å². The van der Waals surface area contributed by atoms with E-state index in [0.717, 1.165) is 16.6 Å². The van der Waals surface area contributed by atoms with Gasteiger partial charge < -0.3 is 14.6 Å². The molecule has 24 heavy (non-hydrogen) atoms. The van der Waals surface area contributed by atoms with Gasteiger partial charge in [0.25, 0.3) is 0 Å². The van der Waals surface area contributed by atoms with Crippen LogP contribution in [0.1, 0.15) is 24.5 Å². The molecule has 2 aromatic heterocycles. The molecular formula is C16H20N6O2. The minimum absolute atomic E-state index is 0.0989. The van der Waals surface area contributed by atoms with E-state index in [1.165, 1.54) is 0 Å². The highest BCUT2D eigenvalue weighted by atomic mass is 16.5. The van der Waals surface area contributed by atoms with Crippen molar-refractivity contribution in [2.75, 3.05) is 13.7 Å². The molecule has 0 saturated heterocycles. The van der Waals surface area contributed by atoms with Crippen LogP contribution in [0.15, 0.2) is 30.6 Å². The van der Waals surface area contributed by atoms with Crippen molar-refractivity contribution in [3.8, 4) is 0 Å². The summed E-state index contributed by atoms with van der Waals surface area (Å²) in [5, 5.41) is 19.0. The molecule has 0 aliphatic heterocycles. The highest BCUT2D eigenvalue weighted by Crippen LogP contribution is 2.16. The van der Waals surface area contributed by atoms with E-state index in [2.05, 4.69) is 25.7 Å². The zero-order chi connectivity index (χ0) is 16.9. The maximum atomic E-state index is 12.3. The Balaban J connectivity index is 1.65. The Morgan fingerprint density at radius 1 is 1.42 bits per heavy atom. The molecule has 0 spiro atoms. The average Bonchev–Trinajstić information content (AvgIpc) is 3.20. The normalized spacial score (nSPS) is 12.4. The van der Waals surface area contributed by atoms with E-state index in [9.17, 15) is 4.79 Å². The number of ether oxygens (including phenoxy) is 1. The molecule has 1 atom stereocenters. The molecule has 8 heteroatoms. The van der Waals surface area contributed by atoms with Crippen molar-refractivity contribution >= 4 is 16.8 Å². The Morgan fingerprint density at radius 3 is 3.08 bits per heavy atom. The second kappa shape index (κ2) is 7.22. The second-order valence-electron chi connectivity index (χ2n) is 5.56. The number of methoxy groups -OCH3 is 1. The predicted octanol–water partition coefficient (Wildman–Crippen LogP) is 1.22. The minimum Gasteiger partial charge on any atom is -0.383 e. The fourth-order valence-corrected chi connectivity index (χ4v) is 2.63. The van der Waals surface area contributed by atoms with Gasteiger partial charge in [0.05, 0.1) is 30.3 Å². The zero-order valence-corrected chi connectivity index (χ0v) is 13.7. The van der Waals surface area contributed by atoms with Crippen molar-refractivity contribution in [1.29, 1.82) is 0 Å². The van der Waals surface area contributed by atoms with Crippen LogP contribution in [-0.4, -0.2) is 44.6 Å². The lowest BCUT2D eigenvalue weighted by Gasteiger charge is -2.14. The number of amides is 1. The fourth-order valence-electron chi connectivity index (χ4n) is 2.63. The Morgan fingerprint density at radius 2 is 2.25 bits per heavy atom. The van der Waals surface area contributed by atoms with Gasteiger partial charge in [0.2, 0.25) is 5.91 Å². The molecular weight excluding hydrogens is 308 g/mol. The van der Waals surface area contributed by atoms with Gasteiger partial charge in [0.15, 0.2) is 5.82 Å². The van der Waals surface area contributed by atoms with Crippen LogP contribution in [0.2, 0.25) is 0 Å². The van der Waals surface area contributed by atoms with E-state index in [1.807, 2.05) is 35.8 Å². The molecule has 0 fully saturated rings. The van der Waals surface area contributed by atoms with Crippen LogP contribution in [0.25, 0.3) is 10.9 Å². The van der Waals surface area contributed by atoms with E-state index in [0.29, 0.717) is 19.0 Å². The van der Waals surface area contributed by atoms with Gasteiger partial charge in [-0.25, -0.2) is 0 Å². The first-order valence-corrected chi connectivity index (χ1v) is 7.77. The number of hydrogen-bond acceptors (Lipinski definition) is 5. The third kappa shape index (κ3) is 3.43. The van der Waals surface area contributed by atoms with Crippen molar-refractivity contribution in [3.63, 3.8) is 0 Å². The van der Waals surface area contributed by atoms with Crippen molar-refractivity contribution in [2.45, 2.75) is 25.9 Å². The summed E-state index contributed by atoms with van der Waals surface area (Å²) in [7, 11) is 1.64. The molecule has 3 rings (SSSR count). The Bertz CT molecular complexity index is 825. The maximum Gasteiger partial charge on any atom is 0.226 e. The molecule has 0 aliphatic carbocycles. The van der Waals surface area contributed by atoms with E-state index < -0.39 is 0 Å². The van der Waals surface area contributed by atoms with Crippen LogP contribution in [0, 0.1) is 0 Å². The Hall–Kier alpha value is -2.74. The number of fused-ring (bicyclic) bond motifs is 1. The molecule has 0 aliphatic rings. The Labute approximate surface area is 139 Å². The molecule has 126 valence electrons. The quantitative estimate of drug-likeness (QED) is 0.679. The molecule has 3 aromatic rings. The smallest absolute Gasteiger partial charge is 0.226 e. The van der Waals surface area contributed by atoms with Gasteiger partial charge in [0, 0.05) is 19.0 Å². The number of nitrogens with zero attached hydrogens (tertiary/aromatic N) is 4. The first-order valence-electron chi connectivity index (χ1n) is 7.77. The van der Waals surface area contributed by atoms with Gasteiger partial charge in [-0.3, -0.25) is 9.89 Å². The van der Waals surface area contributed by atoms with Crippen LogP contribution in [-0.2, 0) is 22.5 Å². The van der Waals surface area contributed by atoms with Gasteiger partial charge in [-0.15, -0.1) is 10.2 Å². The monoisotopic (exact) mass is 328 g/mol. The lowest BCUT2D eigenvalue weighted by atomic mass is 10.1. The number of rotatable bonds is 7. The van der Waals surface area contributed by atoms with Gasteiger partial charge in [-0.2, -0.15) is 5.10 Å². The summed E-state index contributed by atoms with van der Waals surface area (Å²) in [6.45, 7) is 3.09. The fraction of sp³-hybridized carbons (Fsp3) is 0.375. The average molecular weight is 328 g/mol. The van der Waals surface area contributed by atoms with Crippen LogP contribution in [0.5, 0.6) is 0 Å². The number of H-pyrrole nitrogens is 1. The second-order valence-corrected chi connectivity index (χ2v) is 5.56. The molecule has 1 aromatic carbocycles. The lowest BCUT2D eigenvalue weighted by Crippen LogP contribution is -2.30. The summed E-state index contributed by atoms with van der Waals surface area (Å²) in [4.78, 5) is 12.3. The largest absolute Gasteiger partial charge is 0.383 e. The summed E-state index contributed by atoms with van der Waals surface area (Å²) < 4.78 is 6.94. The summed E-state index contributed by atoms with van der Waals surface area (Å²) in [5.74, 6) is 0.605. The highest BCUT2D eigenvalue weighted by molar-refractivity contribution is 5.87. The molecule has 2 N–H and O–H groups in total. The number of hydrogen-bond donors (Lipinski definition) is 2. The molecule has 0 radical (unpaired) electrons. The van der Waals surface area contributed by atoms with Crippen LogP contribution >= 0.6 is 0 Å². The van der Waals surface area contributed by atoms with Crippen molar-refractivity contribution in [3.05, 3.63) is 42.1 Å². The molecule has 2 heterocycles. The number of carbonyl (C=O) groups is 1. The maximum absolute atomic E-state index is 12.3. The molecule has 1 unspecified atom stereocenters. The van der Waals surface area contributed by atoms with E-state index in [-0.39, 0.29) is 18.4 Å². The summed E-state index contributed by atoms with van der Waals surface area (Å²) in [6.07, 6.45) is 1.87. The van der Waals surface area contributed by atoms with Crippen LogP contribution in [0.3, 0.4) is 0 Å². The van der Waals surface area contributed by atoms with Crippen LogP contribution in [0.4, 0.5) is 0 Å². The highest BCUT2D eigenvalue weighted by Gasteiger charge is 2.17. The van der Waals surface area contributed by atoms with E-state index in [4.69, 9.17) is 4.74 Å². The molecule has 8 nitrogen and oxygen atoms in total. The van der Waals surface area contributed by atoms with Gasteiger partial charge in [0.1, 0.15) is 6.33 Å². The number of para-hydroxylation sites is 1. The number of aromatic amines is 1. The lowest BCUT2D eigenvalue weighted by molar-refractivity contribution is -0.121. The van der Waals surface area contributed by atoms with Gasteiger partial charge in [-0.1, -0.05) is 18.2 Å². The third-order valence-electron chi connectivity index (χ3n) is 3.82. The van der Waals surface area contributed by atoms with Crippen molar-refractivity contribution in [1.82, 2.24) is 30.3 Å². The minimum atomic E-state index is -0.244. The number of nitrogens with one attached hydrogen (secondary N) is 2. The van der Waals surface area contributed by atoms with Gasteiger partial charge >= 0.3 is 0 Å². The number of carbonyl (C=O) groups excluding carboxylic acids is 1. The first-order chi connectivity index (χ1) is 11.7. The molecule has 1 amide bonds. The standard InChI is InChI=1S/C16H20N6O2/c1-11(16-21-17-10-22(16)7-8-24-2)18-15(23)9-14-12-5-3-4-6-13(12)19-20-14/h3-6,10-11H,7-9H2,1-2H3,(H,18,23)(H,19,20). The summed E-state index contributed by atoms with van der Waals surface area (Å²) in [6, 6.07) is 7.47. The van der Waals surface area contributed by atoms with E-state index in [1.54, 1.807) is 13.4 Å². The summed E-state index contributed by atoms with van der Waals surface area (Å²) >= 11 is 0. The van der Waals surface area contributed by atoms with Crippen LogP contribution < -0.4 is 5.32 Å². The predicted molar refractivity (Wildman–Crippen MR) is 88.3 cm³/mol. The number of aromatic nitrogens is 5. The van der Waals surface area contributed by atoms with E-state index >= 15 is 0 Å². The summed E-state index contributed by atoms with van der Waals surface area (Å²) in [5.41, 5.74) is 1.66. The topological polar surface area (TPSA) is 97.7 Å². The first kappa shape index (κ1) is 16.1. The number of benzene rings is 1. The SMILES string of the molecule is COCCn1cnnc1C(C)NC(=O)Cc1[nH]nc2ccccc12.